The smallest absolute Gasteiger partial charge is 0.174 e. The molecule has 2 rings (SSSR count). The summed E-state index contributed by atoms with van der Waals surface area (Å²) in [5.74, 6) is 0.624. The number of aromatic nitrogens is 2. The minimum absolute atomic E-state index is 0.195. The van der Waals surface area contributed by atoms with Crippen molar-refractivity contribution in [3.8, 4) is 0 Å². The van der Waals surface area contributed by atoms with Crippen LogP contribution in [0.25, 0.3) is 0 Å². The molecule has 0 aliphatic heterocycles. The van der Waals surface area contributed by atoms with Crippen molar-refractivity contribution in [2.75, 3.05) is 6.54 Å². The molecule has 2 aromatic rings. The number of benzene rings is 1. The first-order chi connectivity index (χ1) is 9.74. The third-order valence-electron chi connectivity index (χ3n) is 2.75. The Labute approximate surface area is 127 Å². The molecule has 0 atom stereocenters. The summed E-state index contributed by atoms with van der Waals surface area (Å²) in [5.41, 5.74) is 0.969. The predicted octanol–water partition coefficient (Wildman–Crippen LogP) is 3.89. The van der Waals surface area contributed by atoms with Gasteiger partial charge in [-0.15, -0.1) is 0 Å². The zero-order valence-electron chi connectivity index (χ0n) is 11.6. The van der Waals surface area contributed by atoms with E-state index in [4.69, 9.17) is 0 Å². The van der Waals surface area contributed by atoms with Gasteiger partial charge in [-0.05, 0) is 36.1 Å². The molecule has 108 valence electrons. The number of halogens is 1. The Bertz CT molecular complexity index is 557. The molecule has 1 heterocycles. The van der Waals surface area contributed by atoms with Crippen molar-refractivity contribution in [3.63, 3.8) is 0 Å². The molecule has 0 radical (unpaired) electrons. The van der Waals surface area contributed by atoms with E-state index < -0.39 is 0 Å². The molecular weight excluding hydrogens is 293 g/mol. The lowest BCUT2D eigenvalue weighted by molar-refractivity contribution is 0.589. The lowest BCUT2D eigenvalue weighted by Crippen LogP contribution is -2.14. The van der Waals surface area contributed by atoms with Crippen LogP contribution in [0.5, 0.6) is 0 Å². The summed E-state index contributed by atoms with van der Waals surface area (Å²) in [6.07, 6.45) is 1.87. The summed E-state index contributed by atoms with van der Waals surface area (Å²) in [6, 6.07) is 5.20. The van der Waals surface area contributed by atoms with Crippen molar-refractivity contribution in [1.29, 1.82) is 0 Å². The summed E-state index contributed by atoms with van der Waals surface area (Å²) in [7, 11) is 0. The highest BCUT2D eigenvalue weighted by Gasteiger charge is 2.13. The second-order valence-electron chi connectivity index (χ2n) is 4.34. The number of nitrogens with one attached hydrogen (secondary N) is 1. The summed E-state index contributed by atoms with van der Waals surface area (Å²) in [5, 5.41) is 3.31. The van der Waals surface area contributed by atoms with Crippen LogP contribution >= 0.6 is 23.3 Å². The van der Waals surface area contributed by atoms with Crippen molar-refractivity contribution in [2.45, 2.75) is 42.5 Å². The maximum atomic E-state index is 14.0. The highest BCUT2D eigenvalue weighted by Crippen LogP contribution is 2.33. The first kappa shape index (κ1) is 15.4. The van der Waals surface area contributed by atoms with Gasteiger partial charge in [0, 0.05) is 13.0 Å². The number of aryl methyl sites for hydroxylation is 1. The van der Waals surface area contributed by atoms with Crippen molar-refractivity contribution in [2.24, 2.45) is 0 Å². The zero-order chi connectivity index (χ0) is 14.4. The van der Waals surface area contributed by atoms with Gasteiger partial charge in [0.2, 0.25) is 0 Å². The molecule has 1 aromatic heterocycles. The maximum Gasteiger partial charge on any atom is 0.174 e. The van der Waals surface area contributed by atoms with E-state index in [0.717, 1.165) is 35.1 Å². The molecule has 1 aromatic carbocycles. The Morgan fingerprint density at radius 2 is 2.20 bits per heavy atom. The highest BCUT2D eigenvalue weighted by atomic mass is 32.2. The Hall–Kier alpha value is -0.980. The molecule has 0 bridgehead atoms. The maximum absolute atomic E-state index is 14.0. The fourth-order valence-corrected chi connectivity index (χ4v) is 3.49. The average Bonchev–Trinajstić information content (AvgIpc) is 2.90. The SMILES string of the molecule is CCCNCc1cccc(F)c1Sc1nc(CC)ns1. The van der Waals surface area contributed by atoms with Crippen LogP contribution < -0.4 is 5.32 Å². The summed E-state index contributed by atoms with van der Waals surface area (Å²) in [6.45, 7) is 5.73. The molecule has 0 spiro atoms. The first-order valence-corrected chi connectivity index (χ1v) is 8.32. The number of nitrogens with zero attached hydrogens (tertiary/aromatic N) is 2. The van der Waals surface area contributed by atoms with E-state index in [1.54, 1.807) is 6.07 Å². The summed E-state index contributed by atoms with van der Waals surface area (Å²) in [4.78, 5) is 5.03. The molecule has 1 N–H and O–H groups in total. The van der Waals surface area contributed by atoms with E-state index in [9.17, 15) is 4.39 Å². The Morgan fingerprint density at radius 1 is 1.35 bits per heavy atom. The van der Waals surface area contributed by atoms with Gasteiger partial charge in [0.05, 0.1) is 4.90 Å². The van der Waals surface area contributed by atoms with E-state index in [0.29, 0.717) is 11.4 Å². The van der Waals surface area contributed by atoms with Crippen LogP contribution in [0.1, 0.15) is 31.7 Å². The monoisotopic (exact) mass is 311 g/mol. The lowest BCUT2D eigenvalue weighted by atomic mass is 10.2. The van der Waals surface area contributed by atoms with Crippen LogP contribution in [0.15, 0.2) is 27.4 Å². The van der Waals surface area contributed by atoms with Crippen LogP contribution in [0.2, 0.25) is 0 Å². The molecule has 3 nitrogen and oxygen atoms in total. The van der Waals surface area contributed by atoms with Crippen LogP contribution in [0.3, 0.4) is 0 Å². The van der Waals surface area contributed by atoms with E-state index in [2.05, 4.69) is 21.6 Å². The van der Waals surface area contributed by atoms with Crippen molar-refractivity contribution >= 4 is 23.3 Å². The van der Waals surface area contributed by atoms with Crippen LogP contribution in [0, 0.1) is 5.82 Å². The van der Waals surface area contributed by atoms with Crippen LogP contribution in [0.4, 0.5) is 4.39 Å². The fourth-order valence-electron chi connectivity index (χ4n) is 1.72. The Morgan fingerprint density at radius 3 is 2.90 bits per heavy atom. The van der Waals surface area contributed by atoms with E-state index in [-0.39, 0.29) is 5.82 Å². The number of rotatable bonds is 7. The molecule has 6 heteroatoms. The molecule has 0 saturated heterocycles. The molecule has 0 saturated carbocycles. The van der Waals surface area contributed by atoms with Gasteiger partial charge in [-0.3, -0.25) is 0 Å². The minimum atomic E-state index is -0.195. The lowest BCUT2D eigenvalue weighted by Gasteiger charge is -2.09. The van der Waals surface area contributed by atoms with Gasteiger partial charge >= 0.3 is 0 Å². The van der Waals surface area contributed by atoms with Crippen LogP contribution in [-0.2, 0) is 13.0 Å². The van der Waals surface area contributed by atoms with Gasteiger partial charge in [0.1, 0.15) is 11.6 Å². The second-order valence-corrected chi connectivity index (χ2v) is 6.35. The van der Waals surface area contributed by atoms with Gasteiger partial charge in [-0.25, -0.2) is 9.37 Å². The second kappa shape index (κ2) is 7.71. The third-order valence-corrected chi connectivity index (χ3v) is 4.70. The average molecular weight is 311 g/mol. The molecule has 0 amide bonds. The molecule has 0 aliphatic rings. The normalized spacial score (nSPS) is 10.9. The zero-order valence-corrected chi connectivity index (χ0v) is 13.3. The van der Waals surface area contributed by atoms with Crippen LogP contribution in [-0.4, -0.2) is 15.9 Å². The van der Waals surface area contributed by atoms with Gasteiger partial charge < -0.3 is 5.32 Å². The predicted molar refractivity (Wildman–Crippen MR) is 81.8 cm³/mol. The topological polar surface area (TPSA) is 37.8 Å². The minimum Gasteiger partial charge on any atom is -0.313 e. The van der Waals surface area contributed by atoms with E-state index in [1.807, 2.05) is 13.0 Å². The first-order valence-electron chi connectivity index (χ1n) is 6.73. The third kappa shape index (κ3) is 4.01. The quantitative estimate of drug-likeness (QED) is 0.787. The van der Waals surface area contributed by atoms with Crippen molar-refractivity contribution < 1.29 is 4.39 Å². The van der Waals surface area contributed by atoms with E-state index in [1.165, 1.54) is 29.4 Å². The molecule has 20 heavy (non-hydrogen) atoms. The standard InChI is InChI=1S/C14H18FN3S2/c1-3-8-16-9-10-6-5-7-11(15)13(10)19-14-17-12(4-2)18-20-14/h5-7,16H,3-4,8-9H2,1-2H3. The van der Waals surface area contributed by atoms with Crippen molar-refractivity contribution in [1.82, 2.24) is 14.7 Å². The molecule has 0 unspecified atom stereocenters. The van der Waals surface area contributed by atoms with Gasteiger partial charge in [-0.2, -0.15) is 4.37 Å². The summed E-state index contributed by atoms with van der Waals surface area (Å²) >= 11 is 2.69. The number of hydrogen-bond acceptors (Lipinski definition) is 5. The van der Waals surface area contributed by atoms with Gasteiger partial charge in [-0.1, -0.05) is 37.7 Å². The Kier molecular flexibility index (Phi) is 5.94. The molecule has 0 aliphatic carbocycles. The fraction of sp³-hybridized carbons (Fsp3) is 0.429. The largest absolute Gasteiger partial charge is 0.313 e. The van der Waals surface area contributed by atoms with Crippen molar-refractivity contribution in [3.05, 3.63) is 35.4 Å². The molecular formula is C14H18FN3S2. The van der Waals surface area contributed by atoms with Gasteiger partial charge in [0.25, 0.3) is 0 Å². The van der Waals surface area contributed by atoms with Gasteiger partial charge in [0.15, 0.2) is 4.34 Å². The Balaban J connectivity index is 2.16. The highest BCUT2D eigenvalue weighted by molar-refractivity contribution is 8.01. The van der Waals surface area contributed by atoms with E-state index >= 15 is 0 Å². The summed E-state index contributed by atoms with van der Waals surface area (Å²) < 4.78 is 19.1. The molecule has 0 fully saturated rings. The number of hydrogen-bond donors (Lipinski definition) is 1.